The highest BCUT2D eigenvalue weighted by molar-refractivity contribution is 5.89. The maximum Gasteiger partial charge on any atom is 0.319 e. The van der Waals surface area contributed by atoms with E-state index in [4.69, 9.17) is 4.74 Å². The number of amides is 2. The molecule has 0 aliphatic rings. The summed E-state index contributed by atoms with van der Waals surface area (Å²) in [5, 5.41) is 5.63. The number of ether oxygens (including phenoxy) is 1. The summed E-state index contributed by atoms with van der Waals surface area (Å²) in [7, 11) is 0. The van der Waals surface area contributed by atoms with E-state index >= 15 is 0 Å². The van der Waals surface area contributed by atoms with Crippen molar-refractivity contribution in [3.8, 4) is 5.75 Å². The minimum atomic E-state index is -0.224. The van der Waals surface area contributed by atoms with Gasteiger partial charge in [0, 0.05) is 5.69 Å². The van der Waals surface area contributed by atoms with Crippen LogP contribution < -0.4 is 15.4 Å². The van der Waals surface area contributed by atoms with Gasteiger partial charge in [-0.3, -0.25) is 0 Å². The third-order valence-electron chi connectivity index (χ3n) is 3.81. The van der Waals surface area contributed by atoms with E-state index in [1.807, 2.05) is 64.1 Å². The zero-order valence-electron chi connectivity index (χ0n) is 14.2. The van der Waals surface area contributed by atoms with Crippen LogP contribution in [0.4, 0.5) is 10.5 Å². The molecule has 0 aromatic heterocycles. The number of nitrogens with one attached hydrogen (secondary N) is 2. The molecule has 0 unspecified atom stereocenters. The minimum Gasteiger partial charge on any atom is -0.491 e. The Morgan fingerprint density at radius 3 is 2.30 bits per heavy atom. The van der Waals surface area contributed by atoms with Gasteiger partial charge in [-0.25, -0.2) is 4.79 Å². The van der Waals surface area contributed by atoms with Crippen LogP contribution >= 0.6 is 0 Å². The van der Waals surface area contributed by atoms with Crippen LogP contribution in [0.5, 0.6) is 5.75 Å². The van der Waals surface area contributed by atoms with Crippen molar-refractivity contribution < 1.29 is 9.53 Å². The molecule has 0 fully saturated rings. The number of hydrogen-bond donors (Lipinski definition) is 2. The fraction of sp³-hybridized carbons (Fsp3) is 0.316. The number of urea groups is 1. The smallest absolute Gasteiger partial charge is 0.319 e. The highest BCUT2D eigenvalue weighted by Crippen LogP contribution is 2.21. The first-order valence-electron chi connectivity index (χ1n) is 7.78. The molecule has 0 aliphatic heterocycles. The number of aryl methyl sites for hydroxylation is 4. The normalized spacial score (nSPS) is 10.3. The van der Waals surface area contributed by atoms with Crippen LogP contribution in [-0.4, -0.2) is 19.2 Å². The lowest BCUT2D eigenvalue weighted by molar-refractivity contribution is 0.247. The SMILES string of the molecule is Cc1ccc(NC(=O)NCCOc2c(C)cccc2C)cc1C. The molecule has 122 valence electrons. The highest BCUT2D eigenvalue weighted by atomic mass is 16.5. The molecule has 2 N–H and O–H groups in total. The molecule has 0 saturated heterocycles. The molecule has 23 heavy (non-hydrogen) atoms. The highest BCUT2D eigenvalue weighted by Gasteiger charge is 2.05. The molecule has 0 radical (unpaired) electrons. The fourth-order valence-corrected chi connectivity index (χ4v) is 2.34. The first kappa shape index (κ1) is 16.9. The Labute approximate surface area is 137 Å². The lowest BCUT2D eigenvalue weighted by atomic mass is 10.1. The first-order chi connectivity index (χ1) is 11.0. The maximum absolute atomic E-state index is 11.9. The molecule has 2 amide bonds. The molecule has 0 spiro atoms. The topological polar surface area (TPSA) is 50.4 Å². The van der Waals surface area contributed by atoms with Crippen molar-refractivity contribution in [2.45, 2.75) is 27.7 Å². The van der Waals surface area contributed by atoms with E-state index in [2.05, 4.69) is 10.6 Å². The van der Waals surface area contributed by atoms with E-state index in [0.717, 1.165) is 28.1 Å². The van der Waals surface area contributed by atoms with Crippen molar-refractivity contribution in [2.75, 3.05) is 18.5 Å². The summed E-state index contributed by atoms with van der Waals surface area (Å²) in [6, 6.07) is 11.7. The average Bonchev–Trinajstić information content (AvgIpc) is 2.50. The van der Waals surface area contributed by atoms with Crippen LogP contribution in [0.1, 0.15) is 22.3 Å². The Morgan fingerprint density at radius 1 is 0.957 bits per heavy atom. The predicted octanol–water partition coefficient (Wildman–Crippen LogP) is 4.12. The van der Waals surface area contributed by atoms with Crippen molar-refractivity contribution in [1.82, 2.24) is 5.32 Å². The second-order valence-corrected chi connectivity index (χ2v) is 5.75. The summed E-state index contributed by atoms with van der Waals surface area (Å²) < 4.78 is 5.76. The molecule has 2 aromatic rings. The Balaban J connectivity index is 1.78. The zero-order chi connectivity index (χ0) is 16.8. The molecule has 2 rings (SSSR count). The van der Waals surface area contributed by atoms with Gasteiger partial charge < -0.3 is 15.4 Å². The predicted molar refractivity (Wildman–Crippen MR) is 94.3 cm³/mol. The van der Waals surface area contributed by atoms with Gasteiger partial charge >= 0.3 is 6.03 Å². The standard InChI is InChI=1S/C19H24N2O2/c1-13-8-9-17(12-16(13)4)21-19(22)20-10-11-23-18-14(2)6-5-7-15(18)3/h5-9,12H,10-11H2,1-4H3,(H2,20,21,22). The number of hydrogen-bond acceptors (Lipinski definition) is 2. The van der Waals surface area contributed by atoms with E-state index in [1.54, 1.807) is 0 Å². The van der Waals surface area contributed by atoms with Gasteiger partial charge in [0.1, 0.15) is 12.4 Å². The van der Waals surface area contributed by atoms with Gasteiger partial charge in [-0.05, 0) is 62.1 Å². The number of benzene rings is 2. The van der Waals surface area contributed by atoms with Gasteiger partial charge in [-0.15, -0.1) is 0 Å². The first-order valence-corrected chi connectivity index (χ1v) is 7.78. The number of carbonyl (C=O) groups excluding carboxylic acids is 1. The zero-order valence-corrected chi connectivity index (χ0v) is 14.2. The van der Waals surface area contributed by atoms with Gasteiger partial charge in [0.2, 0.25) is 0 Å². The molecule has 0 saturated carbocycles. The lowest BCUT2D eigenvalue weighted by Crippen LogP contribution is -2.32. The summed E-state index contributed by atoms with van der Waals surface area (Å²) in [5.41, 5.74) is 5.36. The van der Waals surface area contributed by atoms with E-state index in [-0.39, 0.29) is 6.03 Å². The third kappa shape index (κ3) is 4.74. The molecule has 0 atom stereocenters. The number of anilines is 1. The van der Waals surface area contributed by atoms with Crippen LogP contribution in [0.2, 0.25) is 0 Å². The number of rotatable bonds is 5. The van der Waals surface area contributed by atoms with Gasteiger partial charge in [0.15, 0.2) is 0 Å². The second kappa shape index (κ2) is 7.68. The molecule has 4 nitrogen and oxygen atoms in total. The maximum atomic E-state index is 11.9. The monoisotopic (exact) mass is 312 g/mol. The Hall–Kier alpha value is -2.49. The Bertz CT molecular complexity index is 676. The quantitative estimate of drug-likeness (QED) is 0.816. The van der Waals surface area contributed by atoms with Crippen molar-refractivity contribution in [3.63, 3.8) is 0 Å². The minimum absolute atomic E-state index is 0.224. The van der Waals surface area contributed by atoms with Gasteiger partial charge in [-0.1, -0.05) is 24.3 Å². The van der Waals surface area contributed by atoms with Crippen LogP contribution in [0.3, 0.4) is 0 Å². The second-order valence-electron chi connectivity index (χ2n) is 5.75. The van der Waals surface area contributed by atoms with Crippen LogP contribution in [0.25, 0.3) is 0 Å². The van der Waals surface area contributed by atoms with E-state index in [1.165, 1.54) is 5.56 Å². The van der Waals surface area contributed by atoms with Crippen molar-refractivity contribution in [1.29, 1.82) is 0 Å². The van der Waals surface area contributed by atoms with Crippen molar-refractivity contribution in [2.24, 2.45) is 0 Å². The fourth-order valence-electron chi connectivity index (χ4n) is 2.34. The number of para-hydroxylation sites is 1. The molecule has 0 bridgehead atoms. The van der Waals surface area contributed by atoms with E-state index in [0.29, 0.717) is 13.2 Å². The van der Waals surface area contributed by atoms with E-state index < -0.39 is 0 Å². The molecule has 0 heterocycles. The summed E-state index contributed by atoms with van der Waals surface area (Å²) in [5.74, 6) is 0.892. The summed E-state index contributed by atoms with van der Waals surface area (Å²) in [6.07, 6.45) is 0. The van der Waals surface area contributed by atoms with Crippen LogP contribution in [-0.2, 0) is 0 Å². The number of carbonyl (C=O) groups is 1. The lowest BCUT2D eigenvalue weighted by Gasteiger charge is -2.13. The van der Waals surface area contributed by atoms with Crippen LogP contribution in [0.15, 0.2) is 36.4 Å². The Kier molecular flexibility index (Phi) is 5.63. The van der Waals surface area contributed by atoms with Crippen molar-refractivity contribution >= 4 is 11.7 Å². The summed E-state index contributed by atoms with van der Waals surface area (Å²) >= 11 is 0. The molecular weight excluding hydrogens is 288 g/mol. The van der Waals surface area contributed by atoms with Gasteiger partial charge in [0.25, 0.3) is 0 Å². The third-order valence-corrected chi connectivity index (χ3v) is 3.81. The largest absolute Gasteiger partial charge is 0.491 e. The molecule has 4 heteroatoms. The van der Waals surface area contributed by atoms with Gasteiger partial charge in [0.05, 0.1) is 6.54 Å². The van der Waals surface area contributed by atoms with Crippen LogP contribution in [0, 0.1) is 27.7 Å². The van der Waals surface area contributed by atoms with Crippen molar-refractivity contribution in [3.05, 3.63) is 58.7 Å². The van der Waals surface area contributed by atoms with E-state index in [9.17, 15) is 4.79 Å². The Morgan fingerprint density at radius 2 is 1.65 bits per heavy atom. The summed E-state index contributed by atoms with van der Waals surface area (Å²) in [4.78, 5) is 11.9. The average molecular weight is 312 g/mol. The summed E-state index contributed by atoms with van der Waals surface area (Å²) in [6.45, 7) is 8.99. The van der Waals surface area contributed by atoms with Gasteiger partial charge in [-0.2, -0.15) is 0 Å². The molecular formula is C19H24N2O2. The molecule has 2 aromatic carbocycles. The molecule has 0 aliphatic carbocycles.